The predicted molar refractivity (Wildman–Crippen MR) is 78.0 cm³/mol. The summed E-state index contributed by atoms with van der Waals surface area (Å²) in [5, 5.41) is 3.34. The molecule has 1 atom stereocenters. The lowest BCUT2D eigenvalue weighted by Gasteiger charge is -2.17. The molecular weight excluding hydrogens is 257 g/mol. The third-order valence-electron chi connectivity index (χ3n) is 3.10. The number of hydrogen-bond donors (Lipinski definition) is 1. The molecule has 20 heavy (non-hydrogen) atoms. The van der Waals surface area contributed by atoms with E-state index < -0.39 is 0 Å². The van der Waals surface area contributed by atoms with Crippen LogP contribution in [0.5, 0.6) is 11.5 Å². The van der Waals surface area contributed by atoms with Crippen LogP contribution in [0.25, 0.3) is 0 Å². The highest BCUT2D eigenvalue weighted by Gasteiger charge is 2.08. The number of methoxy groups -OCH3 is 2. The van der Waals surface area contributed by atoms with Gasteiger partial charge in [0, 0.05) is 29.9 Å². The van der Waals surface area contributed by atoms with Crippen LogP contribution in [0.15, 0.2) is 42.5 Å². The summed E-state index contributed by atoms with van der Waals surface area (Å²) in [6.45, 7) is 2.01. The standard InChI is InChI=1S/C16H18FNO2/c1-11(12-4-6-13(17)7-5-12)18-14-8-15(19-2)10-16(9-14)20-3/h4-11,18H,1-3H3. The Morgan fingerprint density at radius 2 is 1.50 bits per heavy atom. The minimum Gasteiger partial charge on any atom is -0.497 e. The number of anilines is 1. The van der Waals surface area contributed by atoms with Crippen LogP contribution in [0.3, 0.4) is 0 Å². The van der Waals surface area contributed by atoms with E-state index in [0.717, 1.165) is 22.7 Å². The van der Waals surface area contributed by atoms with Crippen LogP contribution in [-0.2, 0) is 0 Å². The van der Waals surface area contributed by atoms with E-state index in [1.165, 1.54) is 12.1 Å². The van der Waals surface area contributed by atoms with Crippen molar-refractivity contribution in [2.45, 2.75) is 13.0 Å². The molecule has 0 aromatic heterocycles. The molecule has 0 aliphatic heterocycles. The van der Waals surface area contributed by atoms with Gasteiger partial charge in [-0.15, -0.1) is 0 Å². The van der Waals surface area contributed by atoms with Crippen LogP contribution in [0.1, 0.15) is 18.5 Å². The van der Waals surface area contributed by atoms with Gasteiger partial charge in [0.15, 0.2) is 0 Å². The summed E-state index contributed by atoms with van der Waals surface area (Å²) in [6.07, 6.45) is 0. The molecule has 0 heterocycles. The van der Waals surface area contributed by atoms with Gasteiger partial charge in [-0.2, -0.15) is 0 Å². The van der Waals surface area contributed by atoms with Gasteiger partial charge in [-0.1, -0.05) is 12.1 Å². The topological polar surface area (TPSA) is 30.5 Å². The van der Waals surface area contributed by atoms with E-state index in [4.69, 9.17) is 9.47 Å². The van der Waals surface area contributed by atoms with Gasteiger partial charge in [0.25, 0.3) is 0 Å². The smallest absolute Gasteiger partial charge is 0.124 e. The molecule has 0 saturated heterocycles. The van der Waals surface area contributed by atoms with Crippen molar-refractivity contribution in [3.63, 3.8) is 0 Å². The molecule has 2 rings (SSSR count). The molecule has 106 valence electrons. The van der Waals surface area contributed by atoms with Gasteiger partial charge in [-0.3, -0.25) is 0 Å². The zero-order valence-electron chi connectivity index (χ0n) is 11.8. The van der Waals surface area contributed by atoms with Gasteiger partial charge in [0.2, 0.25) is 0 Å². The molecule has 1 N–H and O–H groups in total. The highest BCUT2D eigenvalue weighted by Crippen LogP contribution is 2.28. The van der Waals surface area contributed by atoms with Gasteiger partial charge in [0.05, 0.1) is 14.2 Å². The lowest BCUT2D eigenvalue weighted by Crippen LogP contribution is -2.06. The number of halogens is 1. The van der Waals surface area contributed by atoms with E-state index in [1.807, 2.05) is 25.1 Å². The highest BCUT2D eigenvalue weighted by molar-refractivity contribution is 5.54. The van der Waals surface area contributed by atoms with Crippen molar-refractivity contribution in [3.8, 4) is 11.5 Å². The van der Waals surface area contributed by atoms with Crippen molar-refractivity contribution < 1.29 is 13.9 Å². The first-order valence-electron chi connectivity index (χ1n) is 6.37. The van der Waals surface area contributed by atoms with Crippen molar-refractivity contribution in [1.29, 1.82) is 0 Å². The van der Waals surface area contributed by atoms with E-state index >= 15 is 0 Å². The quantitative estimate of drug-likeness (QED) is 0.894. The number of nitrogens with one attached hydrogen (secondary N) is 1. The van der Waals surface area contributed by atoms with E-state index in [2.05, 4.69) is 5.32 Å². The maximum atomic E-state index is 12.9. The molecule has 2 aromatic carbocycles. The molecule has 4 heteroatoms. The lowest BCUT2D eigenvalue weighted by atomic mass is 10.1. The van der Waals surface area contributed by atoms with Crippen LogP contribution in [-0.4, -0.2) is 14.2 Å². The molecule has 0 spiro atoms. The molecule has 0 amide bonds. The summed E-state index contributed by atoms with van der Waals surface area (Å²) in [5.74, 6) is 1.21. The number of ether oxygens (including phenoxy) is 2. The van der Waals surface area contributed by atoms with Crippen LogP contribution in [0.4, 0.5) is 10.1 Å². The summed E-state index contributed by atoms with van der Waals surface area (Å²) in [7, 11) is 3.23. The highest BCUT2D eigenvalue weighted by atomic mass is 19.1. The van der Waals surface area contributed by atoms with Gasteiger partial charge in [-0.05, 0) is 24.6 Å². The Labute approximate surface area is 118 Å². The molecule has 0 aliphatic carbocycles. The van der Waals surface area contributed by atoms with E-state index in [-0.39, 0.29) is 11.9 Å². The SMILES string of the molecule is COc1cc(NC(C)c2ccc(F)cc2)cc(OC)c1. The molecule has 0 radical (unpaired) electrons. The Balaban J connectivity index is 2.18. The fourth-order valence-corrected chi connectivity index (χ4v) is 1.98. The molecule has 1 unspecified atom stereocenters. The summed E-state index contributed by atoms with van der Waals surface area (Å²) >= 11 is 0. The second kappa shape index (κ2) is 6.28. The summed E-state index contributed by atoms with van der Waals surface area (Å²) < 4.78 is 23.4. The molecule has 0 saturated carbocycles. The van der Waals surface area contributed by atoms with Gasteiger partial charge in [-0.25, -0.2) is 4.39 Å². The minimum absolute atomic E-state index is 0.0485. The number of rotatable bonds is 5. The predicted octanol–water partition coefficient (Wildman–Crippen LogP) is 4.02. The zero-order valence-corrected chi connectivity index (χ0v) is 11.8. The first-order valence-corrected chi connectivity index (χ1v) is 6.37. The summed E-state index contributed by atoms with van der Waals surface area (Å²) in [4.78, 5) is 0. The van der Waals surface area contributed by atoms with Crippen LogP contribution in [0.2, 0.25) is 0 Å². The fourth-order valence-electron chi connectivity index (χ4n) is 1.98. The second-order valence-corrected chi connectivity index (χ2v) is 4.52. The third-order valence-corrected chi connectivity index (χ3v) is 3.10. The van der Waals surface area contributed by atoms with E-state index in [1.54, 1.807) is 26.4 Å². The maximum absolute atomic E-state index is 12.9. The monoisotopic (exact) mass is 275 g/mol. The van der Waals surface area contributed by atoms with Crippen molar-refractivity contribution >= 4 is 5.69 Å². The maximum Gasteiger partial charge on any atom is 0.124 e. The Morgan fingerprint density at radius 3 is 2.00 bits per heavy atom. The molecule has 0 fully saturated rings. The van der Waals surface area contributed by atoms with Crippen molar-refractivity contribution in [2.75, 3.05) is 19.5 Å². The van der Waals surface area contributed by atoms with E-state index in [9.17, 15) is 4.39 Å². The lowest BCUT2D eigenvalue weighted by molar-refractivity contribution is 0.394. The molecule has 3 nitrogen and oxygen atoms in total. The third kappa shape index (κ3) is 3.41. The normalized spacial score (nSPS) is 11.8. The Bertz CT molecular complexity index is 547. The van der Waals surface area contributed by atoms with Crippen LogP contribution >= 0.6 is 0 Å². The van der Waals surface area contributed by atoms with Crippen molar-refractivity contribution in [1.82, 2.24) is 0 Å². The number of hydrogen-bond acceptors (Lipinski definition) is 3. The Hall–Kier alpha value is -2.23. The summed E-state index contributed by atoms with van der Waals surface area (Å²) in [5.41, 5.74) is 1.89. The minimum atomic E-state index is -0.232. The Morgan fingerprint density at radius 1 is 0.950 bits per heavy atom. The van der Waals surface area contributed by atoms with Crippen LogP contribution < -0.4 is 14.8 Å². The molecule has 0 aliphatic rings. The van der Waals surface area contributed by atoms with Crippen molar-refractivity contribution in [2.24, 2.45) is 0 Å². The molecule has 0 bridgehead atoms. The molecular formula is C16H18FNO2. The zero-order chi connectivity index (χ0) is 14.5. The first kappa shape index (κ1) is 14.2. The van der Waals surface area contributed by atoms with Crippen molar-refractivity contribution in [3.05, 3.63) is 53.8 Å². The van der Waals surface area contributed by atoms with E-state index in [0.29, 0.717) is 0 Å². The summed E-state index contributed by atoms with van der Waals surface area (Å²) in [6, 6.07) is 12.1. The average molecular weight is 275 g/mol. The first-order chi connectivity index (χ1) is 9.62. The van der Waals surface area contributed by atoms with Gasteiger partial charge in [0.1, 0.15) is 17.3 Å². The average Bonchev–Trinajstić information content (AvgIpc) is 2.47. The largest absolute Gasteiger partial charge is 0.497 e. The molecule has 2 aromatic rings. The number of benzene rings is 2. The second-order valence-electron chi connectivity index (χ2n) is 4.52. The van der Waals surface area contributed by atoms with Gasteiger partial charge >= 0.3 is 0 Å². The van der Waals surface area contributed by atoms with Gasteiger partial charge < -0.3 is 14.8 Å². The Kier molecular flexibility index (Phi) is 4.45. The van der Waals surface area contributed by atoms with Crippen LogP contribution in [0, 0.1) is 5.82 Å². The fraction of sp³-hybridized carbons (Fsp3) is 0.250.